The lowest BCUT2D eigenvalue weighted by Crippen LogP contribution is -2.34. The van der Waals surface area contributed by atoms with Crippen molar-refractivity contribution < 1.29 is 24.2 Å². The third kappa shape index (κ3) is 4.27. The molecule has 1 unspecified atom stereocenters. The number of fused-ring (bicyclic) bond motifs is 3. The van der Waals surface area contributed by atoms with Crippen LogP contribution in [0.3, 0.4) is 0 Å². The number of esters is 2. The van der Waals surface area contributed by atoms with Gasteiger partial charge >= 0.3 is 11.9 Å². The smallest absolute Gasteiger partial charge is 0.338 e. The molecule has 0 saturated heterocycles. The van der Waals surface area contributed by atoms with Crippen molar-refractivity contribution in [2.75, 3.05) is 13.1 Å². The van der Waals surface area contributed by atoms with E-state index in [0.29, 0.717) is 30.0 Å². The number of aliphatic hydroxyl groups excluding tert-OH is 1. The highest BCUT2D eigenvalue weighted by Crippen LogP contribution is 2.31. The largest absolute Gasteiger partial charge is 0.457 e. The van der Waals surface area contributed by atoms with Gasteiger partial charge in [-0.1, -0.05) is 26.0 Å². The first-order valence-electron chi connectivity index (χ1n) is 12.3. The lowest BCUT2D eigenvalue weighted by molar-refractivity contribution is 0.0526. The molecule has 1 atom stereocenters. The molecule has 0 spiro atoms. The standard InChI is InChI=1S/C26H23N3O5.C2H6/c1-14-18(4-5-20-21(14)13-34-26(20)32)23(30)11-29-7-6-22-17(10-29)9-27-24(28-22)15-2-3-19-16(8-15)12-33-25(19)31;1-2/h2-5,8-9,23,30H,6-7,10-13H2,1H3;1-2H3. The zero-order chi connectivity index (χ0) is 25.4. The van der Waals surface area contributed by atoms with Crippen molar-refractivity contribution in [1.82, 2.24) is 14.9 Å². The normalized spacial score (nSPS) is 16.8. The Balaban J connectivity index is 0.00000130. The van der Waals surface area contributed by atoms with Crippen molar-refractivity contribution in [3.8, 4) is 11.4 Å². The molecule has 36 heavy (non-hydrogen) atoms. The van der Waals surface area contributed by atoms with E-state index in [4.69, 9.17) is 14.5 Å². The maximum Gasteiger partial charge on any atom is 0.338 e. The van der Waals surface area contributed by atoms with E-state index in [9.17, 15) is 14.7 Å². The molecule has 2 aromatic carbocycles. The number of carbonyl (C=O) groups is 2. The quantitative estimate of drug-likeness (QED) is 0.553. The molecule has 3 aliphatic heterocycles. The van der Waals surface area contributed by atoms with Crippen molar-refractivity contribution >= 4 is 11.9 Å². The van der Waals surface area contributed by atoms with E-state index < -0.39 is 6.10 Å². The summed E-state index contributed by atoms with van der Waals surface area (Å²) < 4.78 is 10.2. The molecule has 4 heterocycles. The molecular formula is C28H29N3O5. The molecule has 0 saturated carbocycles. The Morgan fingerprint density at radius 3 is 2.61 bits per heavy atom. The van der Waals surface area contributed by atoms with Crippen LogP contribution in [0, 0.1) is 6.92 Å². The maximum atomic E-state index is 11.8. The number of hydrogen-bond acceptors (Lipinski definition) is 8. The number of aromatic nitrogens is 2. The monoisotopic (exact) mass is 487 g/mol. The molecule has 0 aliphatic carbocycles. The van der Waals surface area contributed by atoms with Crippen LogP contribution >= 0.6 is 0 Å². The first-order chi connectivity index (χ1) is 17.5. The minimum Gasteiger partial charge on any atom is -0.457 e. The van der Waals surface area contributed by atoms with Gasteiger partial charge in [0.25, 0.3) is 0 Å². The molecule has 8 nitrogen and oxygen atoms in total. The summed E-state index contributed by atoms with van der Waals surface area (Å²) >= 11 is 0. The zero-order valence-electron chi connectivity index (χ0n) is 20.7. The van der Waals surface area contributed by atoms with E-state index in [1.54, 1.807) is 12.1 Å². The van der Waals surface area contributed by atoms with E-state index in [-0.39, 0.29) is 25.2 Å². The average Bonchev–Trinajstić information content (AvgIpc) is 3.47. The fourth-order valence-electron chi connectivity index (χ4n) is 5.01. The SMILES string of the molecule is CC.Cc1c(C(O)CN2CCc3nc(-c4ccc5c(c4)COC5=O)ncc3C2)ccc2c1COC2=O. The fourth-order valence-corrected chi connectivity index (χ4v) is 5.01. The van der Waals surface area contributed by atoms with Crippen molar-refractivity contribution in [3.05, 3.63) is 81.2 Å². The first-order valence-corrected chi connectivity index (χ1v) is 12.3. The zero-order valence-corrected chi connectivity index (χ0v) is 20.7. The number of cyclic esters (lactones) is 2. The number of nitrogens with zero attached hydrogens (tertiary/aromatic N) is 3. The number of β-amino-alcohol motifs (C(OH)–C–C–N with tert-alkyl or cyclic N) is 1. The van der Waals surface area contributed by atoms with Crippen LogP contribution in [0.2, 0.25) is 0 Å². The van der Waals surface area contributed by atoms with E-state index in [1.807, 2.05) is 45.2 Å². The topological polar surface area (TPSA) is 102 Å². The minimum atomic E-state index is -0.668. The summed E-state index contributed by atoms with van der Waals surface area (Å²) in [5.74, 6) is 0.0554. The molecule has 3 aliphatic rings. The Morgan fingerprint density at radius 2 is 1.78 bits per heavy atom. The van der Waals surface area contributed by atoms with Gasteiger partial charge in [-0.2, -0.15) is 0 Å². The lowest BCUT2D eigenvalue weighted by Gasteiger charge is -2.30. The molecule has 0 bridgehead atoms. The van der Waals surface area contributed by atoms with Crippen LogP contribution in [0.15, 0.2) is 36.5 Å². The van der Waals surface area contributed by atoms with Crippen LogP contribution in [-0.4, -0.2) is 45.0 Å². The van der Waals surface area contributed by atoms with E-state index in [1.165, 1.54) is 0 Å². The van der Waals surface area contributed by atoms with Gasteiger partial charge in [0.1, 0.15) is 13.2 Å². The van der Waals surface area contributed by atoms with Crippen LogP contribution < -0.4 is 0 Å². The minimum absolute atomic E-state index is 0.269. The lowest BCUT2D eigenvalue weighted by atomic mass is 9.95. The Labute approximate surface area is 209 Å². The second-order valence-electron chi connectivity index (χ2n) is 9.00. The molecule has 8 heteroatoms. The summed E-state index contributed by atoms with van der Waals surface area (Å²) in [6.45, 7) is 8.40. The highest BCUT2D eigenvalue weighted by molar-refractivity contribution is 5.94. The van der Waals surface area contributed by atoms with Gasteiger partial charge in [-0.25, -0.2) is 19.6 Å². The molecule has 1 N–H and O–H groups in total. The number of aliphatic hydroxyl groups is 1. The van der Waals surface area contributed by atoms with Gasteiger partial charge in [0.2, 0.25) is 0 Å². The third-order valence-electron chi connectivity index (χ3n) is 6.95. The summed E-state index contributed by atoms with van der Waals surface area (Å²) in [5.41, 5.74) is 7.60. The van der Waals surface area contributed by atoms with Crippen LogP contribution in [-0.2, 0) is 35.7 Å². The molecule has 0 radical (unpaired) electrons. The predicted octanol–water partition coefficient (Wildman–Crippen LogP) is 3.91. The second-order valence-corrected chi connectivity index (χ2v) is 9.00. The van der Waals surface area contributed by atoms with Crippen molar-refractivity contribution in [3.63, 3.8) is 0 Å². The van der Waals surface area contributed by atoms with E-state index in [0.717, 1.165) is 52.0 Å². The van der Waals surface area contributed by atoms with Crippen molar-refractivity contribution in [2.24, 2.45) is 0 Å². The summed E-state index contributed by atoms with van der Waals surface area (Å²) in [5, 5.41) is 11.0. The number of hydrogen-bond donors (Lipinski definition) is 1. The Hall–Kier alpha value is -3.62. The highest BCUT2D eigenvalue weighted by Gasteiger charge is 2.28. The van der Waals surface area contributed by atoms with Crippen molar-refractivity contribution in [2.45, 2.75) is 53.1 Å². The van der Waals surface area contributed by atoms with Gasteiger partial charge in [-0.15, -0.1) is 0 Å². The summed E-state index contributed by atoms with van der Waals surface area (Å²) in [4.78, 5) is 35.0. The number of rotatable bonds is 4. The van der Waals surface area contributed by atoms with Gasteiger partial charge in [0, 0.05) is 54.5 Å². The predicted molar refractivity (Wildman–Crippen MR) is 132 cm³/mol. The molecule has 1 aromatic heterocycles. The second kappa shape index (κ2) is 9.79. The summed E-state index contributed by atoms with van der Waals surface area (Å²) in [6.07, 6.45) is 1.95. The Morgan fingerprint density at radius 1 is 1.03 bits per heavy atom. The van der Waals surface area contributed by atoms with Crippen LogP contribution in [0.25, 0.3) is 11.4 Å². The molecule has 6 rings (SSSR count). The molecule has 186 valence electrons. The fraction of sp³-hybridized carbons (Fsp3) is 0.357. The van der Waals surface area contributed by atoms with Gasteiger partial charge in [-0.3, -0.25) is 4.90 Å². The first kappa shape index (κ1) is 24.1. The van der Waals surface area contributed by atoms with Gasteiger partial charge < -0.3 is 14.6 Å². The van der Waals surface area contributed by atoms with Crippen LogP contribution in [0.5, 0.6) is 0 Å². The van der Waals surface area contributed by atoms with Crippen LogP contribution in [0.4, 0.5) is 0 Å². The maximum absolute atomic E-state index is 11.8. The number of carbonyl (C=O) groups excluding carboxylic acids is 2. The van der Waals surface area contributed by atoms with Gasteiger partial charge in [-0.05, 0) is 36.2 Å². The molecular weight excluding hydrogens is 458 g/mol. The number of benzene rings is 2. The Kier molecular flexibility index (Phi) is 6.55. The summed E-state index contributed by atoms with van der Waals surface area (Å²) in [6, 6.07) is 9.13. The van der Waals surface area contributed by atoms with Gasteiger partial charge in [0.05, 0.1) is 22.9 Å². The summed E-state index contributed by atoms with van der Waals surface area (Å²) in [7, 11) is 0. The van der Waals surface area contributed by atoms with Gasteiger partial charge in [0.15, 0.2) is 5.82 Å². The Bertz CT molecular complexity index is 1350. The molecule has 0 amide bonds. The average molecular weight is 488 g/mol. The van der Waals surface area contributed by atoms with Crippen LogP contribution in [0.1, 0.15) is 74.2 Å². The molecule has 0 fully saturated rings. The van der Waals surface area contributed by atoms with Crippen molar-refractivity contribution in [1.29, 1.82) is 0 Å². The van der Waals surface area contributed by atoms with E-state index >= 15 is 0 Å². The number of ether oxygens (including phenoxy) is 2. The highest BCUT2D eigenvalue weighted by atomic mass is 16.5. The molecule has 3 aromatic rings. The van der Waals surface area contributed by atoms with E-state index in [2.05, 4.69) is 9.88 Å². The third-order valence-corrected chi connectivity index (χ3v) is 6.95.